The zero-order valence-electron chi connectivity index (χ0n) is 13.7. The lowest BCUT2D eigenvalue weighted by Gasteiger charge is -2.09. The molecule has 5 nitrogen and oxygen atoms in total. The van der Waals surface area contributed by atoms with Gasteiger partial charge in [0.1, 0.15) is 18.1 Å². The molecule has 0 amide bonds. The van der Waals surface area contributed by atoms with Gasteiger partial charge in [-0.1, -0.05) is 12.1 Å². The highest BCUT2D eigenvalue weighted by Crippen LogP contribution is 2.23. The number of hydrogen-bond donors (Lipinski definition) is 0. The van der Waals surface area contributed by atoms with E-state index in [-0.39, 0.29) is 19.0 Å². The van der Waals surface area contributed by atoms with Crippen molar-refractivity contribution in [1.29, 1.82) is 5.26 Å². The minimum Gasteiger partial charge on any atom is -0.497 e. The number of hydrogen-bond acceptors (Lipinski definition) is 5. The summed E-state index contributed by atoms with van der Waals surface area (Å²) in [5.74, 6) is 1.08. The van der Waals surface area contributed by atoms with Gasteiger partial charge in [-0.3, -0.25) is 4.79 Å². The third kappa shape index (κ3) is 5.03. The van der Waals surface area contributed by atoms with E-state index in [4.69, 9.17) is 19.5 Å². The van der Waals surface area contributed by atoms with Gasteiger partial charge >= 0.3 is 5.97 Å². The van der Waals surface area contributed by atoms with Gasteiger partial charge in [0.15, 0.2) is 0 Å². The molecule has 0 aliphatic carbocycles. The first kappa shape index (κ1) is 17.4. The molecule has 124 valence electrons. The Labute approximate surface area is 141 Å². The molecule has 2 rings (SSSR count). The minimum atomic E-state index is -0.292. The van der Waals surface area contributed by atoms with Crippen LogP contribution >= 0.6 is 0 Å². The van der Waals surface area contributed by atoms with E-state index in [1.807, 2.05) is 18.2 Å². The number of aryl methyl sites for hydroxylation is 1. The number of carbonyl (C=O) groups is 1. The maximum absolute atomic E-state index is 11.9. The van der Waals surface area contributed by atoms with E-state index in [0.29, 0.717) is 23.5 Å². The van der Waals surface area contributed by atoms with Crippen LogP contribution < -0.4 is 9.47 Å². The SMILES string of the molecule is COc1cc(CCC(=O)OCc2cccc(C#N)c2)cc(OC)c1. The second-order valence-corrected chi connectivity index (χ2v) is 5.19. The number of rotatable bonds is 7. The molecule has 0 saturated carbocycles. The largest absolute Gasteiger partial charge is 0.497 e. The predicted molar refractivity (Wildman–Crippen MR) is 88.8 cm³/mol. The van der Waals surface area contributed by atoms with Crippen LogP contribution in [0.2, 0.25) is 0 Å². The lowest BCUT2D eigenvalue weighted by atomic mass is 10.1. The Morgan fingerprint density at radius 3 is 2.38 bits per heavy atom. The van der Waals surface area contributed by atoms with Crippen LogP contribution in [0.3, 0.4) is 0 Å². The van der Waals surface area contributed by atoms with Gasteiger partial charge in [0, 0.05) is 12.5 Å². The maximum Gasteiger partial charge on any atom is 0.306 e. The first-order valence-corrected chi connectivity index (χ1v) is 7.51. The van der Waals surface area contributed by atoms with Crippen LogP contribution in [-0.4, -0.2) is 20.2 Å². The molecule has 24 heavy (non-hydrogen) atoms. The van der Waals surface area contributed by atoms with Gasteiger partial charge < -0.3 is 14.2 Å². The van der Waals surface area contributed by atoms with Crippen LogP contribution in [0.25, 0.3) is 0 Å². The molecule has 0 aromatic heterocycles. The standard InChI is InChI=1S/C19H19NO4/c1-22-17-9-14(10-18(11-17)23-2)6-7-19(21)24-13-16-5-3-4-15(8-16)12-20/h3-5,8-11H,6-7,13H2,1-2H3. The third-order valence-electron chi connectivity index (χ3n) is 3.48. The van der Waals surface area contributed by atoms with Crippen LogP contribution in [-0.2, 0) is 22.6 Å². The Morgan fingerprint density at radius 1 is 1.04 bits per heavy atom. The molecular formula is C19H19NO4. The van der Waals surface area contributed by atoms with Crippen molar-refractivity contribution in [2.75, 3.05) is 14.2 Å². The fraction of sp³-hybridized carbons (Fsp3) is 0.263. The number of carbonyl (C=O) groups excluding carboxylic acids is 1. The average Bonchev–Trinajstić information content (AvgIpc) is 2.64. The normalized spacial score (nSPS) is 9.88. The van der Waals surface area contributed by atoms with E-state index < -0.39 is 0 Å². The van der Waals surface area contributed by atoms with Crippen LogP contribution in [0.1, 0.15) is 23.1 Å². The zero-order valence-corrected chi connectivity index (χ0v) is 13.7. The average molecular weight is 325 g/mol. The number of benzene rings is 2. The molecule has 0 aliphatic heterocycles. The quantitative estimate of drug-likeness (QED) is 0.731. The van der Waals surface area contributed by atoms with Gasteiger partial charge in [0.2, 0.25) is 0 Å². The topological polar surface area (TPSA) is 68.5 Å². The Bertz CT molecular complexity index is 727. The molecule has 0 fully saturated rings. The lowest BCUT2D eigenvalue weighted by Crippen LogP contribution is -2.06. The van der Waals surface area contributed by atoms with Crippen molar-refractivity contribution < 1.29 is 19.0 Å². The van der Waals surface area contributed by atoms with E-state index in [0.717, 1.165) is 11.1 Å². The Balaban J connectivity index is 1.88. The van der Waals surface area contributed by atoms with Gasteiger partial charge in [0.05, 0.1) is 25.9 Å². The van der Waals surface area contributed by atoms with Gasteiger partial charge in [0.25, 0.3) is 0 Å². The fourth-order valence-electron chi connectivity index (χ4n) is 2.22. The molecule has 0 radical (unpaired) electrons. The molecule has 0 spiro atoms. The summed E-state index contributed by atoms with van der Waals surface area (Å²) in [7, 11) is 3.17. The van der Waals surface area contributed by atoms with E-state index in [1.165, 1.54) is 0 Å². The number of ether oxygens (including phenoxy) is 3. The molecule has 0 bridgehead atoms. The summed E-state index contributed by atoms with van der Waals surface area (Å²) >= 11 is 0. The first-order chi connectivity index (χ1) is 11.6. The Kier molecular flexibility index (Phi) is 6.21. The molecule has 5 heteroatoms. The fourth-order valence-corrected chi connectivity index (χ4v) is 2.22. The van der Waals surface area contributed by atoms with E-state index in [9.17, 15) is 4.79 Å². The molecule has 0 saturated heterocycles. The molecule has 0 aliphatic rings. The lowest BCUT2D eigenvalue weighted by molar-refractivity contribution is -0.144. The summed E-state index contributed by atoms with van der Waals surface area (Å²) in [6.07, 6.45) is 0.791. The number of esters is 1. The maximum atomic E-state index is 11.9. The van der Waals surface area contributed by atoms with Gasteiger partial charge in [-0.15, -0.1) is 0 Å². The highest BCUT2D eigenvalue weighted by molar-refractivity contribution is 5.69. The summed E-state index contributed by atoms with van der Waals surface area (Å²) in [5, 5.41) is 8.86. The van der Waals surface area contributed by atoms with E-state index in [2.05, 4.69) is 6.07 Å². The zero-order chi connectivity index (χ0) is 17.4. The van der Waals surface area contributed by atoms with Crippen LogP contribution in [0.15, 0.2) is 42.5 Å². The molecule has 0 heterocycles. The number of nitrogens with zero attached hydrogens (tertiary/aromatic N) is 1. The van der Waals surface area contributed by atoms with Crippen LogP contribution in [0, 0.1) is 11.3 Å². The second kappa shape index (κ2) is 8.59. The van der Waals surface area contributed by atoms with Crippen molar-refractivity contribution in [3.05, 3.63) is 59.2 Å². The third-order valence-corrected chi connectivity index (χ3v) is 3.48. The van der Waals surface area contributed by atoms with Crippen molar-refractivity contribution >= 4 is 5.97 Å². The minimum absolute atomic E-state index is 0.162. The Hall–Kier alpha value is -3.00. The van der Waals surface area contributed by atoms with Crippen molar-refractivity contribution in [3.8, 4) is 17.6 Å². The summed E-state index contributed by atoms with van der Waals surface area (Å²) in [6, 6.07) is 14.6. The van der Waals surface area contributed by atoms with Crippen molar-refractivity contribution in [3.63, 3.8) is 0 Å². The number of methoxy groups -OCH3 is 2. The smallest absolute Gasteiger partial charge is 0.306 e. The molecule has 0 atom stereocenters. The second-order valence-electron chi connectivity index (χ2n) is 5.19. The van der Waals surface area contributed by atoms with Crippen molar-refractivity contribution in [2.45, 2.75) is 19.4 Å². The molecule has 0 N–H and O–H groups in total. The van der Waals surface area contributed by atoms with E-state index in [1.54, 1.807) is 38.5 Å². The first-order valence-electron chi connectivity index (χ1n) is 7.51. The summed E-state index contributed by atoms with van der Waals surface area (Å²) in [5.41, 5.74) is 2.28. The van der Waals surface area contributed by atoms with Gasteiger partial charge in [-0.05, 0) is 41.8 Å². The van der Waals surface area contributed by atoms with Crippen molar-refractivity contribution in [1.82, 2.24) is 0 Å². The predicted octanol–water partition coefficient (Wildman–Crippen LogP) is 3.25. The number of nitriles is 1. The monoisotopic (exact) mass is 325 g/mol. The summed E-state index contributed by atoms with van der Waals surface area (Å²) < 4.78 is 15.7. The van der Waals surface area contributed by atoms with Gasteiger partial charge in [-0.25, -0.2) is 0 Å². The summed E-state index contributed by atoms with van der Waals surface area (Å²) in [6.45, 7) is 0.162. The summed E-state index contributed by atoms with van der Waals surface area (Å²) in [4.78, 5) is 11.9. The highest BCUT2D eigenvalue weighted by atomic mass is 16.5. The highest BCUT2D eigenvalue weighted by Gasteiger charge is 2.07. The van der Waals surface area contributed by atoms with Crippen LogP contribution in [0.5, 0.6) is 11.5 Å². The van der Waals surface area contributed by atoms with Crippen LogP contribution in [0.4, 0.5) is 0 Å². The van der Waals surface area contributed by atoms with E-state index >= 15 is 0 Å². The molecule has 2 aromatic carbocycles. The van der Waals surface area contributed by atoms with Gasteiger partial charge in [-0.2, -0.15) is 5.26 Å². The molecular weight excluding hydrogens is 306 g/mol. The van der Waals surface area contributed by atoms with Crippen molar-refractivity contribution in [2.24, 2.45) is 0 Å². The molecule has 0 unspecified atom stereocenters. The molecule has 2 aromatic rings. The Morgan fingerprint density at radius 2 is 1.75 bits per heavy atom.